The minimum absolute atomic E-state index is 0.272. The van der Waals surface area contributed by atoms with Gasteiger partial charge in [0.1, 0.15) is 23.1 Å². The van der Waals surface area contributed by atoms with Crippen LogP contribution in [0.5, 0.6) is 0 Å². The predicted molar refractivity (Wildman–Crippen MR) is 95.3 cm³/mol. The zero-order valence-electron chi connectivity index (χ0n) is 14.5. The van der Waals surface area contributed by atoms with Crippen molar-refractivity contribution in [1.82, 2.24) is 20.3 Å². The summed E-state index contributed by atoms with van der Waals surface area (Å²) < 4.78 is 23.3. The Morgan fingerprint density at radius 2 is 1.89 bits per heavy atom. The monoisotopic (exact) mass is 365 g/mol. The lowest BCUT2D eigenvalue weighted by atomic mass is 10.1. The van der Waals surface area contributed by atoms with Gasteiger partial charge in [-0.1, -0.05) is 22.4 Å². The van der Waals surface area contributed by atoms with E-state index in [0.717, 1.165) is 22.6 Å². The van der Waals surface area contributed by atoms with Crippen molar-refractivity contribution < 1.29 is 13.4 Å². The van der Waals surface area contributed by atoms with Crippen LogP contribution in [0, 0.1) is 12.7 Å². The van der Waals surface area contributed by atoms with Gasteiger partial charge in [0, 0.05) is 18.7 Å². The van der Waals surface area contributed by atoms with Gasteiger partial charge in [0.25, 0.3) is 5.89 Å². The van der Waals surface area contributed by atoms with Crippen LogP contribution in [-0.2, 0) is 13.0 Å². The summed E-state index contributed by atoms with van der Waals surface area (Å²) >= 11 is 0. The summed E-state index contributed by atoms with van der Waals surface area (Å²) in [6.45, 7) is 2.37. The highest BCUT2D eigenvalue weighted by atomic mass is 19.1. The molecule has 0 radical (unpaired) electrons. The third kappa shape index (κ3) is 4.17. The lowest BCUT2D eigenvalue weighted by Gasteiger charge is -2.02. The molecule has 7 nitrogen and oxygen atoms in total. The highest BCUT2D eigenvalue weighted by molar-refractivity contribution is 5.54. The number of benzene rings is 1. The van der Waals surface area contributed by atoms with Gasteiger partial charge in [-0.05, 0) is 36.8 Å². The number of nitrogens with one attached hydrogen (secondary N) is 1. The van der Waals surface area contributed by atoms with Crippen molar-refractivity contribution in [2.75, 3.05) is 5.32 Å². The molecule has 0 atom stereocenters. The van der Waals surface area contributed by atoms with Crippen LogP contribution in [0.25, 0.3) is 11.5 Å². The predicted octanol–water partition coefficient (Wildman–Crippen LogP) is 3.77. The van der Waals surface area contributed by atoms with Crippen LogP contribution in [0.15, 0.2) is 57.7 Å². The van der Waals surface area contributed by atoms with Crippen LogP contribution < -0.4 is 5.32 Å². The van der Waals surface area contributed by atoms with E-state index in [2.05, 4.69) is 25.6 Å². The Kier molecular flexibility index (Phi) is 4.61. The van der Waals surface area contributed by atoms with Crippen molar-refractivity contribution in [3.8, 4) is 11.5 Å². The van der Waals surface area contributed by atoms with Gasteiger partial charge in [0.15, 0.2) is 5.82 Å². The molecule has 0 aliphatic rings. The van der Waals surface area contributed by atoms with Crippen LogP contribution in [-0.4, -0.2) is 20.3 Å². The molecule has 136 valence electrons. The third-order valence-corrected chi connectivity index (χ3v) is 3.88. The van der Waals surface area contributed by atoms with E-state index >= 15 is 0 Å². The average Bonchev–Trinajstić information content (AvgIpc) is 3.31. The SMILES string of the molecule is Cc1cc(CNc2ccc(-c3nc(Cc4ccc(F)cc4)no3)cn2)no1. The Morgan fingerprint density at radius 1 is 1.04 bits per heavy atom. The van der Waals surface area contributed by atoms with Crippen molar-refractivity contribution in [1.29, 1.82) is 0 Å². The Balaban J connectivity index is 1.40. The van der Waals surface area contributed by atoms with Crippen LogP contribution in [0.1, 0.15) is 22.8 Å². The fourth-order valence-corrected chi connectivity index (χ4v) is 2.54. The first-order valence-corrected chi connectivity index (χ1v) is 8.35. The van der Waals surface area contributed by atoms with Crippen molar-refractivity contribution in [2.45, 2.75) is 19.9 Å². The molecule has 4 rings (SSSR count). The number of hydrogen-bond donors (Lipinski definition) is 1. The van der Waals surface area contributed by atoms with Crippen molar-refractivity contribution in [3.05, 3.63) is 77.3 Å². The average molecular weight is 365 g/mol. The van der Waals surface area contributed by atoms with E-state index in [1.807, 2.05) is 25.1 Å². The molecule has 3 heterocycles. The van der Waals surface area contributed by atoms with Crippen LogP contribution in [0.2, 0.25) is 0 Å². The fourth-order valence-electron chi connectivity index (χ4n) is 2.54. The molecule has 4 aromatic rings. The largest absolute Gasteiger partial charge is 0.364 e. The molecule has 0 aliphatic carbocycles. The number of nitrogens with zero attached hydrogens (tertiary/aromatic N) is 4. The Morgan fingerprint density at radius 3 is 2.59 bits per heavy atom. The van der Waals surface area contributed by atoms with Gasteiger partial charge in [-0.25, -0.2) is 9.37 Å². The summed E-state index contributed by atoms with van der Waals surface area (Å²) in [5, 5.41) is 11.1. The van der Waals surface area contributed by atoms with E-state index < -0.39 is 0 Å². The molecular weight excluding hydrogens is 349 g/mol. The molecule has 0 aliphatic heterocycles. The van der Waals surface area contributed by atoms with Gasteiger partial charge in [0.2, 0.25) is 0 Å². The van der Waals surface area contributed by atoms with E-state index in [9.17, 15) is 4.39 Å². The number of halogens is 1. The van der Waals surface area contributed by atoms with Gasteiger partial charge in [0.05, 0.1) is 12.1 Å². The van der Waals surface area contributed by atoms with E-state index in [0.29, 0.717) is 30.5 Å². The highest BCUT2D eigenvalue weighted by Crippen LogP contribution is 2.19. The molecule has 1 N–H and O–H groups in total. The molecule has 27 heavy (non-hydrogen) atoms. The van der Waals surface area contributed by atoms with Crippen LogP contribution in [0.3, 0.4) is 0 Å². The standard InChI is InChI=1S/C19H16FN5O2/c1-12-8-16(24-26-12)11-22-17-7-4-14(10-21-17)19-23-18(25-27-19)9-13-2-5-15(20)6-3-13/h2-8,10H,9,11H2,1H3,(H,21,22). The van der Waals surface area contributed by atoms with Crippen LogP contribution in [0.4, 0.5) is 10.2 Å². The first-order chi connectivity index (χ1) is 13.2. The lowest BCUT2D eigenvalue weighted by Crippen LogP contribution is -2.01. The molecule has 1 aromatic carbocycles. The van der Waals surface area contributed by atoms with E-state index in [-0.39, 0.29) is 5.82 Å². The van der Waals surface area contributed by atoms with Crippen molar-refractivity contribution in [3.63, 3.8) is 0 Å². The van der Waals surface area contributed by atoms with E-state index in [1.54, 1.807) is 18.3 Å². The number of pyridine rings is 1. The highest BCUT2D eigenvalue weighted by Gasteiger charge is 2.10. The molecule has 0 amide bonds. The molecule has 3 aromatic heterocycles. The molecule has 0 unspecified atom stereocenters. The quantitative estimate of drug-likeness (QED) is 0.556. The molecule has 0 saturated carbocycles. The second-order valence-electron chi connectivity index (χ2n) is 6.03. The van der Waals surface area contributed by atoms with Gasteiger partial charge in [-0.15, -0.1) is 0 Å². The first kappa shape index (κ1) is 16.9. The summed E-state index contributed by atoms with van der Waals surface area (Å²) in [4.78, 5) is 8.71. The zero-order valence-corrected chi connectivity index (χ0v) is 14.5. The zero-order chi connectivity index (χ0) is 18.6. The smallest absolute Gasteiger partial charge is 0.259 e. The number of rotatable bonds is 6. The second-order valence-corrected chi connectivity index (χ2v) is 6.03. The fraction of sp³-hybridized carbons (Fsp3) is 0.158. The minimum atomic E-state index is -0.272. The van der Waals surface area contributed by atoms with Gasteiger partial charge in [-0.3, -0.25) is 0 Å². The maximum absolute atomic E-state index is 13.0. The molecule has 0 saturated heterocycles. The number of aromatic nitrogens is 4. The number of hydrogen-bond acceptors (Lipinski definition) is 7. The normalized spacial score (nSPS) is 10.9. The molecule has 0 fully saturated rings. The van der Waals surface area contributed by atoms with Gasteiger partial charge >= 0.3 is 0 Å². The Bertz CT molecular complexity index is 1020. The van der Waals surface area contributed by atoms with Crippen molar-refractivity contribution >= 4 is 5.82 Å². The summed E-state index contributed by atoms with van der Waals surface area (Å²) in [7, 11) is 0. The van der Waals surface area contributed by atoms with Crippen molar-refractivity contribution in [2.24, 2.45) is 0 Å². The van der Waals surface area contributed by atoms with E-state index in [4.69, 9.17) is 9.05 Å². The Labute approximate surface area is 154 Å². The maximum Gasteiger partial charge on any atom is 0.259 e. The van der Waals surface area contributed by atoms with E-state index in [1.165, 1.54) is 12.1 Å². The topological polar surface area (TPSA) is 89.9 Å². The number of anilines is 1. The lowest BCUT2D eigenvalue weighted by molar-refractivity contribution is 0.391. The minimum Gasteiger partial charge on any atom is -0.364 e. The second kappa shape index (κ2) is 7.36. The summed E-state index contributed by atoms with van der Waals surface area (Å²) in [6.07, 6.45) is 2.12. The molecular formula is C19H16FN5O2. The Hall–Kier alpha value is -3.55. The summed E-state index contributed by atoms with van der Waals surface area (Å²) in [5.74, 6) is 2.11. The summed E-state index contributed by atoms with van der Waals surface area (Å²) in [5.41, 5.74) is 2.43. The van der Waals surface area contributed by atoms with Gasteiger partial charge < -0.3 is 14.4 Å². The molecule has 0 bridgehead atoms. The van der Waals surface area contributed by atoms with Gasteiger partial charge in [-0.2, -0.15) is 4.98 Å². The maximum atomic E-state index is 13.0. The molecule has 8 heteroatoms. The third-order valence-electron chi connectivity index (χ3n) is 3.88. The number of aryl methyl sites for hydroxylation is 1. The first-order valence-electron chi connectivity index (χ1n) is 8.35. The summed E-state index contributed by atoms with van der Waals surface area (Å²) in [6, 6.07) is 11.7. The van der Waals surface area contributed by atoms with Crippen LogP contribution >= 0.6 is 0 Å². The molecule has 0 spiro atoms.